The summed E-state index contributed by atoms with van der Waals surface area (Å²) < 4.78 is 15.5. The Hall–Kier alpha value is -1.75. The summed E-state index contributed by atoms with van der Waals surface area (Å²) in [5.74, 6) is 0.194. The molecule has 0 saturated heterocycles. The van der Waals surface area contributed by atoms with Crippen LogP contribution in [-0.2, 0) is 11.2 Å². The summed E-state index contributed by atoms with van der Waals surface area (Å²) in [4.78, 5) is 15.9. The normalized spacial score (nSPS) is 10.6. The van der Waals surface area contributed by atoms with Crippen molar-refractivity contribution in [3.63, 3.8) is 0 Å². The number of hydrogen-bond donors (Lipinski definition) is 0. The van der Waals surface area contributed by atoms with Gasteiger partial charge in [-0.15, -0.1) is 0 Å². The number of halogens is 1. The highest BCUT2D eigenvalue weighted by molar-refractivity contribution is 6.28. The van der Waals surface area contributed by atoms with Crippen molar-refractivity contribution in [1.82, 2.24) is 4.98 Å². The molecule has 2 rings (SSSR count). The van der Waals surface area contributed by atoms with Gasteiger partial charge in [0.25, 0.3) is 5.89 Å². The van der Waals surface area contributed by atoms with E-state index in [0.29, 0.717) is 17.9 Å². The van der Waals surface area contributed by atoms with E-state index in [1.165, 1.54) is 0 Å². The molecule has 0 amide bonds. The van der Waals surface area contributed by atoms with E-state index in [-0.39, 0.29) is 23.5 Å². The number of oxazole rings is 1. The molecule has 0 radical (unpaired) electrons. The van der Waals surface area contributed by atoms with Crippen LogP contribution in [0.4, 0.5) is 0 Å². The van der Waals surface area contributed by atoms with Gasteiger partial charge in [-0.05, 0) is 37.1 Å². The predicted molar refractivity (Wildman–Crippen MR) is 64.5 cm³/mol. The Labute approximate surface area is 109 Å². The molecule has 0 bridgehead atoms. The molecule has 2 heterocycles. The number of hydrogen-bond acceptors (Lipinski definition) is 5. The Morgan fingerprint density at radius 3 is 2.72 bits per heavy atom. The zero-order valence-corrected chi connectivity index (χ0v) is 10.8. The smallest absolute Gasteiger partial charge is 0.376 e. The molecule has 0 aromatic carbocycles. The van der Waals surface area contributed by atoms with Gasteiger partial charge in [0.15, 0.2) is 11.0 Å². The summed E-state index contributed by atoms with van der Waals surface area (Å²) in [6, 6.07) is 3.21. The maximum absolute atomic E-state index is 11.7. The molecule has 2 aromatic heterocycles. The maximum atomic E-state index is 11.7. The molecule has 0 spiro atoms. The minimum atomic E-state index is -0.522. The van der Waals surface area contributed by atoms with Crippen LogP contribution < -0.4 is 0 Å². The molecule has 0 fully saturated rings. The summed E-state index contributed by atoms with van der Waals surface area (Å²) in [5, 5.41) is 0.235. The Kier molecular flexibility index (Phi) is 3.72. The van der Waals surface area contributed by atoms with Crippen molar-refractivity contribution in [2.75, 3.05) is 6.61 Å². The molecule has 0 aliphatic heterocycles. The Morgan fingerprint density at radius 1 is 1.39 bits per heavy atom. The Morgan fingerprint density at radius 2 is 2.17 bits per heavy atom. The van der Waals surface area contributed by atoms with Gasteiger partial charge in [0, 0.05) is 0 Å². The van der Waals surface area contributed by atoms with Crippen molar-refractivity contribution in [1.29, 1.82) is 0 Å². The number of aryl methyl sites for hydroxylation is 1. The first-order chi connectivity index (χ1) is 8.65. The maximum Gasteiger partial charge on any atom is 0.376 e. The molecule has 0 aliphatic carbocycles. The van der Waals surface area contributed by atoms with Crippen LogP contribution >= 0.6 is 11.6 Å². The second-order valence-corrected chi connectivity index (χ2v) is 3.85. The average Bonchev–Trinajstić information content (AvgIpc) is 2.94. The van der Waals surface area contributed by atoms with Gasteiger partial charge in [-0.2, -0.15) is 0 Å². The highest BCUT2D eigenvalue weighted by atomic mass is 35.5. The molecule has 18 heavy (non-hydrogen) atoms. The van der Waals surface area contributed by atoms with Gasteiger partial charge in [0.1, 0.15) is 0 Å². The fourth-order valence-corrected chi connectivity index (χ4v) is 1.63. The van der Waals surface area contributed by atoms with Crippen LogP contribution in [-0.4, -0.2) is 17.6 Å². The largest absolute Gasteiger partial charge is 0.460 e. The second-order valence-electron chi connectivity index (χ2n) is 3.47. The van der Waals surface area contributed by atoms with Crippen LogP contribution in [0.2, 0.25) is 5.22 Å². The first-order valence-corrected chi connectivity index (χ1v) is 5.96. The van der Waals surface area contributed by atoms with Crippen LogP contribution in [0.1, 0.15) is 30.1 Å². The van der Waals surface area contributed by atoms with Crippen molar-refractivity contribution in [2.24, 2.45) is 0 Å². The predicted octanol–water partition coefficient (Wildman–Crippen LogP) is 3.33. The van der Waals surface area contributed by atoms with E-state index in [1.807, 2.05) is 6.92 Å². The van der Waals surface area contributed by atoms with Crippen LogP contribution in [0.3, 0.4) is 0 Å². The molecule has 0 N–H and O–H groups in total. The average molecular weight is 270 g/mol. The first-order valence-electron chi connectivity index (χ1n) is 5.58. The van der Waals surface area contributed by atoms with E-state index < -0.39 is 5.97 Å². The highest BCUT2D eigenvalue weighted by Crippen LogP contribution is 2.26. The quantitative estimate of drug-likeness (QED) is 0.797. The van der Waals surface area contributed by atoms with E-state index in [9.17, 15) is 4.79 Å². The zero-order valence-electron chi connectivity index (χ0n) is 10.0. The van der Waals surface area contributed by atoms with Crippen molar-refractivity contribution >= 4 is 17.6 Å². The van der Waals surface area contributed by atoms with Gasteiger partial charge in [-0.3, -0.25) is 0 Å². The monoisotopic (exact) mass is 269 g/mol. The van der Waals surface area contributed by atoms with E-state index in [2.05, 4.69) is 4.98 Å². The standard InChI is InChI=1S/C12H12ClNO4/c1-3-7-10(12(15)16-4-2)18-11(14-7)8-5-6-9(13)17-8/h5-6H,3-4H2,1-2H3. The molecule has 6 heteroatoms. The van der Waals surface area contributed by atoms with Crippen molar-refractivity contribution in [3.8, 4) is 11.7 Å². The van der Waals surface area contributed by atoms with Gasteiger partial charge in [-0.1, -0.05) is 6.92 Å². The minimum Gasteiger partial charge on any atom is -0.460 e. The number of furan rings is 1. The number of nitrogens with zero attached hydrogens (tertiary/aromatic N) is 1. The van der Waals surface area contributed by atoms with E-state index in [4.69, 9.17) is 25.2 Å². The lowest BCUT2D eigenvalue weighted by Crippen LogP contribution is -2.05. The third kappa shape index (κ3) is 2.41. The lowest BCUT2D eigenvalue weighted by molar-refractivity contribution is 0.0489. The van der Waals surface area contributed by atoms with Crippen LogP contribution in [0.5, 0.6) is 0 Å². The third-order valence-electron chi connectivity index (χ3n) is 2.28. The first kappa shape index (κ1) is 12.7. The molecule has 0 saturated carbocycles. The summed E-state index contributed by atoms with van der Waals surface area (Å²) in [5.41, 5.74) is 0.538. The number of ether oxygens (including phenoxy) is 1. The van der Waals surface area contributed by atoms with Crippen LogP contribution in [0, 0.1) is 0 Å². The number of carbonyl (C=O) groups is 1. The van der Waals surface area contributed by atoms with Crippen molar-refractivity contribution < 1.29 is 18.4 Å². The topological polar surface area (TPSA) is 65.5 Å². The summed E-state index contributed by atoms with van der Waals surface area (Å²) in [6.07, 6.45) is 0.562. The lowest BCUT2D eigenvalue weighted by atomic mass is 10.3. The molecular weight excluding hydrogens is 258 g/mol. The lowest BCUT2D eigenvalue weighted by Gasteiger charge is -1.98. The SMILES string of the molecule is CCOC(=O)c1oc(-c2ccc(Cl)o2)nc1CC. The highest BCUT2D eigenvalue weighted by Gasteiger charge is 2.22. The molecule has 0 aliphatic rings. The molecule has 0 atom stereocenters. The number of rotatable bonds is 4. The molecule has 5 nitrogen and oxygen atoms in total. The molecule has 2 aromatic rings. The third-order valence-corrected chi connectivity index (χ3v) is 2.48. The number of esters is 1. The zero-order chi connectivity index (χ0) is 13.1. The van der Waals surface area contributed by atoms with Crippen LogP contribution in [0.15, 0.2) is 21.0 Å². The van der Waals surface area contributed by atoms with Crippen molar-refractivity contribution in [3.05, 3.63) is 28.8 Å². The molecule has 96 valence electrons. The van der Waals surface area contributed by atoms with Gasteiger partial charge in [0.2, 0.25) is 5.76 Å². The summed E-state index contributed by atoms with van der Waals surface area (Å²) in [6.45, 7) is 3.89. The van der Waals surface area contributed by atoms with Gasteiger partial charge in [-0.25, -0.2) is 9.78 Å². The molecular formula is C12H12ClNO4. The number of carbonyl (C=O) groups excluding carboxylic acids is 1. The second kappa shape index (κ2) is 5.27. The number of aromatic nitrogens is 1. The van der Waals surface area contributed by atoms with E-state index in [0.717, 1.165) is 0 Å². The van der Waals surface area contributed by atoms with Crippen molar-refractivity contribution in [2.45, 2.75) is 20.3 Å². The summed E-state index contributed by atoms with van der Waals surface area (Å²) in [7, 11) is 0. The van der Waals surface area contributed by atoms with Gasteiger partial charge in [0.05, 0.1) is 12.3 Å². The van der Waals surface area contributed by atoms with E-state index in [1.54, 1.807) is 19.1 Å². The fraction of sp³-hybridized carbons (Fsp3) is 0.333. The summed E-state index contributed by atoms with van der Waals surface area (Å²) >= 11 is 5.68. The minimum absolute atomic E-state index is 0.113. The van der Waals surface area contributed by atoms with Crippen LogP contribution in [0.25, 0.3) is 11.7 Å². The van der Waals surface area contributed by atoms with E-state index >= 15 is 0 Å². The van der Waals surface area contributed by atoms with Gasteiger partial charge < -0.3 is 13.6 Å². The fourth-order valence-electron chi connectivity index (χ4n) is 1.48. The molecule has 0 unspecified atom stereocenters. The Bertz CT molecular complexity index is 558. The Balaban J connectivity index is 2.37. The van der Waals surface area contributed by atoms with Gasteiger partial charge >= 0.3 is 5.97 Å².